The van der Waals surface area contributed by atoms with Crippen molar-refractivity contribution in [3.63, 3.8) is 0 Å². The average molecular weight is 910 g/mol. The molecule has 372 valence electrons. The minimum Gasteiger partial charge on any atom is -0.387 e. The number of nitrogens with one attached hydrogen (secondary N) is 1. The molecule has 0 saturated heterocycles. The van der Waals surface area contributed by atoms with Gasteiger partial charge in [0, 0.05) is 6.42 Å². The monoisotopic (exact) mass is 910 g/mol. The van der Waals surface area contributed by atoms with E-state index >= 15 is 0 Å². The van der Waals surface area contributed by atoms with E-state index in [-0.39, 0.29) is 19.1 Å². The van der Waals surface area contributed by atoms with Crippen molar-refractivity contribution in [2.45, 2.75) is 264 Å². The summed E-state index contributed by atoms with van der Waals surface area (Å²) >= 11 is 0. The third-order valence-corrected chi connectivity index (χ3v) is 13.1. The van der Waals surface area contributed by atoms with E-state index in [2.05, 4.69) is 43.5 Å². The summed E-state index contributed by atoms with van der Waals surface area (Å²) in [5, 5.41) is 13.9. The average Bonchev–Trinajstić information content (AvgIpc) is 3.24. The highest BCUT2D eigenvalue weighted by molar-refractivity contribution is 7.47. The van der Waals surface area contributed by atoms with Crippen molar-refractivity contribution in [1.29, 1.82) is 0 Å². The van der Waals surface area contributed by atoms with Gasteiger partial charge in [0.25, 0.3) is 0 Å². The lowest BCUT2D eigenvalue weighted by Gasteiger charge is -2.25. The molecular weight excluding hydrogens is 804 g/mol. The van der Waals surface area contributed by atoms with Gasteiger partial charge in [-0.1, -0.05) is 237 Å². The summed E-state index contributed by atoms with van der Waals surface area (Å²) in [6.45, 7) is 4.80. The molecule has 0 aliphatic heterocycles. The number of rotatable bonds is 49. The number of allylic oxidation sites excluding steroid dienone is 5. The Morgan fingerprint density at radius 1 is 0.524 bits per heavy atom. The minimum atomic E-state index is -4.35. The molecule has 0 fully saturated rings. The molecule has 0 bridgehead atoms. The van der Waals surface area contributed by atoms with Crippen molar-refractivity contribution in [2.24, 2.45) is 0 Å². The summed E-state index contributed by atoms with van der Waals surface area (Å²) in [5.41, 5.74) is 0. The van der Waals surface area contributed by atoms with Crippen LogP contribution in [-0.4, -0.2) is 73.4 Å². The maximum absolute atomic E-state index is 12.9. The van der Waals surface area contributed by atoms with Gasteiger partial charge in [-0.15, -0.1) is 0 Å². The maximum atomic E-state index is 12.9. The van der Waals surface area contributed by atoms with Crippen molar-refractivity contribution >= 4 is 13.7 Å². The van der Waals surface area contributed by atoms with Gasteiger partial charge in [0.2, 0.25) is 5.91 Å². The van der Waals surface area contributed by atoms with Gasteiger partial charge < -0.3 is 19.8 Å². The van der Waals surface area contributed by atoms with Crippen LogP contribution in [0.15, 0.2) is 36.5 Å². The minimum absolute atomic E-state index is 0.0549. The van der Waals surface area contributed by atoms with Crippen LogP contribution in [0.25, 0.3) is 0 Å². The fourth-order valence-corrected chi connectivity index (χ4v) is 8.58. The highest BCUT2D eigenvalue weighted by Crippen LogP contribution is 2.43. The molecule has 63 heavy (non-hydrogen) atoms. The Balaban J connectivity index is 4.23. The van der Waals surface area contributed by atoms with Crippen LogP contribution >= 0.6 is 7.82 Å². The molecule has 0 rings (SSSR count). The number of likely N-dealkylation sites (N-methyl/N-ethyl adjacent to an activating group) is 1. The number of phosphoric acid groups is 1. The first-order valence-electron chi connectivity index (χ1n) is 26.9. The molecular formula is C54H106N2O6P+. The fourth-order valence-electron chi connectivity index (χ4n) is 7.84. The third kappa shape index (κ3) is 48.5. The molecule has 3 N–H and O–H groups in total. The van der Waals surface area contributed by atoms with Crippen LogP contribution < -0.4 is 5.32 Å². The Labute approximate surface area is 391 Å². The van der Waals surface area contributed by atoms with Crippen molar-refractivity contribution < 1.29 is 32.9 Å². The first kappa shape index (κ1) is 61.7. The standard InChI is InChI=1S/C54H105N2O6P/c1-6-8-10-12-14-16-18-20-22-24-25-26-27-28-29-30-31-32-34-36-38-40-42-44-46-48-54(58)55-52(51-62-63(59,60)61-50-49-56(3,4)5)53(57)47-45-43-41-39-37-35-33-23-21-19-17-15-13-11-9-7-2/h21,23,37,39,45,47,52-53,57H,6-20,22,24-36,38,40-44,46,48-51H2,1-5H3,(H-,55,58,59,60)/p+1/b23-21+,39-37+,47-45+. The molecule has 0 aromatic heterocycles. The van der Waals surface area contributed by atoms with Gasteiger partial charge >= 0.3 is 7.82 Å². The number of hydrogen-bond donors (Lipinski definition) is 3. The lowest BCUT2D eigenvalue weighted by atomic mass is 10.0. The van der Waals surface area contributed by atoms with Crippen LogP contribution in [0.1, 0.15) is 251 Å². The number of phosphoric ester groups is 1. The predicted octanol–water partition coefficient (Wildman–Crippen LogP) is 15.8. The molecule has 9 heteroatoms. The Morgan fingerprint density at radius 3 is 1.27 bits per heavy atom. The van der Waals surface area contributed by atoms with Gasteiger partial charge in [-0.3, -0.25) is 13.8 Å². The smallest absolute Gasteiger partial charge is 0.387 e. The first-order chi connectivity index (χ1) is 30.5. The van der Waals surface area contributed by atoms with Crippen molar-refractivity contribution in [3.05, 3.63) is 36.5 Å². The fraction of sp³-hybridized carbons (Fsp3) is 0.870. The van der Waals surface area contributed by atoms with E-state index < -0.39 is 20.0 Å². The predicted molar refractivity (Wildman–Crippen MR) is 272 cm³/mol. The number of aliphatic hydroxyl groups is 1. The van der Waals surface area contributed by atoms with Crippen LogP contribution in [-0.2, 0) is 18.4 Å². The van der Waals surface area contributed by atoms with Crippen molar-refractivity contribution in [3.8, 4) is 0 Å². The molecule has 0 radical (unpaired) electrons. The van der Waals surface area contributed by atoms with E-state index in [1.54, 1.807) is 6.08 Å². The number of quaternary nitrogens is 1. The van der Waals surface area contributed by atoms with Gasteiger partial charge in [-0.2, -0.15) is 0 Å². The summed E-state index contributed by atoms with van der Waals surface area (Å²) in [7, 11) is 1.55. The number of aliphatic hydroxyl groups excluding tert-OH is 1. The molecule has 0 saturated carbocycles. The zero-order valence-electron chi connectivity index (χ0n) is 42.3. The molecule has 1 amide bonds. The molecule has 8 nitrogen and oxygen atoms in total. The summed E-state index contributed by atoms with van der Waals surface area (Å²) in [6.07, 6.45) is 58.1. The number of hydrogen-bond acceptors (Lipinski definition) is 5. The Morgan fingerprint density at radius 2 is 0.873 bits per heavy atom. The summed E-state index contributed by atoms with van der Waals surface area (Å²) in [4.78, 5) is 23.2. The van der Waals surface area contributed by atoms with E-state index in [0.29, 0.717) is 17.4 Å². The summed E-state index contributed by atoms with van der Waals surface area (Å²) in [5.74, 6) is -0.187. The van der Waals surface area contributed by atoms with Gasteiger partial charge in [0.1, 0.15) is 13.2 Å². The van der Waals surface area contributed by atoms with Gasteiger partial charge in [0.15, 0.2) is 0 Å². The summed E-state index contributed by atoms with van der Waals surface area (Å²) in [6, 6.07) is -0.867. The van der Waals surface area contributed by atoms with E-state index in [0.717, 1.165) is 44.9 Å². The molecule has 3 unspecified atom stereocenters. The van der Waals surface area contributed by atoms with Gasteiger partial charge in [-0.05, 0) is 44.9 Å². The van der Waals surface area contributed by atoms with E-state index in [1.807, 2.05) is 27.2 Å². The molecule has 0 spiro atoms. The van der Waals surface area contributed by atoms with E-state index in [1.165, 1.54) is 186 Å². The number of carbonyl (C=O) groups is 1. The largest absolute Gasteiger partial charge is 0.472 e. The van der Waals surface area contributed by atoms with Crippen molar-refractivity contribution in [2.75, 3.05) is 40.9 Å². The van der Waals surface area contributed by atoms with Crippen LogP contribution in [0.2, 0.25) is 0 Å². The summed E-state index contributed by atoms with van der Waals surface area (Å²) < 4.78 is 23.6. The normalized spacial score (nSPS) is 14.3. The molecule has 3 atom stereocenters. The SMILES string of the molecule is CCCCCCCC/C=C/CC/C=C/CC/C=C/C(O)C(COP(=O)(O)OCC[N+](C)(C)C)NC(=O)CCCCCCCCCCCCCCCCCCCCCCCCCCC. The second kappa shape index (κ2) is 45.9. The van der Waals surface area contributed by atoms with Crippen LogP contribution in [0.3, 0.4) is 0 Å². The lowest BCUT2D eigenvalue weighted by molar-refractivity contribution is -0.870. The maximum Gasteiger partial charge on any atom is 0.472 e. The molecule has 0 aromatic carbocycles. The number of amides is 1. The van der Waals surface area contributed by atoms with Crippen LogP contribution in [0.4, 0.5) is 0 Å². The van der Waals surface area contributed by atoms with E-state index in [4.69, 9.17) is 9.05 Å². The zero-order chi connectivity index (χ0) is 46.4. The molecule has 0 aliphatic rings. The molecule has 0 heterocycles. The Bertz CT molecular complexity index is 1120. The highest BCUT2D eigenvalue weighted by Gasteiger charge is 2.27. The highest BCUT2D eigenvalue weighted by atomic mass is 31.2. The van der Waals surface area contributed by atoms with E-state index in [9.17, 15) is 19.4 Å². The zero-order valence-corrected chi connectivity index (χ0v) is 43.2. The second-order valence-electron chi connectivity index (χ2n) is 19.6. The van der Waals surface area contributed by atoms with Gasteiger partial charge in [0.05, 0.1) is 39.9 Å². The Hall–Kier alpha value is -1.28. The lowest BCUT2D eigenvalue weighted by Crippen LogP contribution is -2.45. The quantitative estimate of drug-likeness (QED) is 0.0243. The van der Waals surface area contributed by atoms with Gasteiger partial charge in [-0.25, -0.2) is 4.57 Å². The van der Waals surface area contributed by atoms with Crippen LogP contribution in [0, 0.1) is 0 Å². The number of carbonyl (C=O) groups excluding carboxylic acids is 1. The van der Waals surface area contributed by atoms with Crippen LogP contribution in [0.5, 0.6) is 0 Å². The molecule has 0 aromatic rings. The third-order valence-electron chi connectivity index (χ3n) is 12.1. The number of unbranched alkanes of at least 4 members (excludes halogenated alkanes) is 32. The van der Waals surface area contributed by atoms with Crippen molar-refractivity contribution in [1.82, 2.24) is 5.32 Å². The first-order valence-corrected chi connectivity index (χ1v) is 28.4. The number of nitrogens with zero attached hydrogens (tertiary/aromatic N) is 1. The Kier molecular flexibility index (Phi) is 44.9. The topological polar surface area (TPSA) is 105 Å². The second-order valence-corrected chi connectivity index (χ2v) is 21.0. The molecule has 0 aliphatic carbocycles.